The van der Waals surface area contributed by atoms with Crippen molar-refractivity contribution in [1.82, 2.24) is 10.2 Å². The van der Waals surface area contributed by atoms with Crippen molar-refractivity contribution >= 4 is 24.4 Å². The Morgan fingerprint density at radius 1 is 1.29 bits per heavy atom. The Morgan fingerprint density at radius 2 is 1.86 bits per heavy atom. The monoisotopic (exact) mass is 316 g/mol. The summed E-state index contributed by atoms with van der Waals surface area (Å²) < 4.78 is 26.9. The van der Waals surface area contributed by atoms with E-state index in [0.29, 0.717) is 0 Å². The minimum absolute atomic E-state index is 0. The van der Waals surface area contributed by atoms with Crippen LogP contribution < -0.4 is 5.32 Å². The topological polar surface area (TPSA) is 32.3 Å². The summed E-state index contributed by atoms with van der Waals surface area (Å²) in [7, 11) is 1.72. The van der Waals surface area contributed by atoms with Gasteiger partial charge >= 0.3 is 0 Å². The van der Waals surface area contributed by atoms with Crippen molar-refractivity contribution in [3.05, 3.63) is 41.5 Å². The number of benzene rings is 1. The molecule has 6 heteroatoms. The Kier molecular flexibility index (Phi) is 6.78. The zero-order valence-electron chi connectivity index (χ0n) is 11.8. The van der Waals surface area contributed by atoms with Gasteiger partial charge in [-0.15, -0.1) is 12.4 Å². The van der Waals surface area contributed by atoms with Crippen molar-refractivity contribution in [3.63, 3.8) is 0 Å². The third-order valence-corrected chi connectivity index (χ3v) is 3.60. The molecule has 1 N–H and O–H groups in total. The maximum atomic E-state index is 13.4. The summed E-state index contributed by atoms with van der Waals surface area (Å²) in [6.07, 6.45) is 4.21. The SMILES string of the molecule is CN(C(=O)/C=C/c1c(F)cccc1F)C1CCNCC1.Cl. The van der Waals surface area contributed by atoms with Gasteiger partial charge in [0.1, 0.15) is 11.6 Å². The minimum atomic E-state index is -0.668. The van der Waals surface area contributed by atoms with Gasteiger partial charge in [0, 0.05) is 24.7 Å². The van der Waals surface area contributed by atoms with Gasteiger partial charge < -0.3 is 10.2 Å². The zero-order chi connectivity index (χ0) is 14.5. The van der Waals surface area contributed by atoms with E-state index >= 15 is 0 Å². The number of nitrogens with one attached hydrogen (secondary N) is 1. The molecule has 1 aromatic rings. The number of carbonyl (C=O) groups excluding carboxylic acids is 1. The van der Waals surface area contributed by atoms with Crippen LogP contribution in [0.4, 0.5) is 8.78 Å². The molecule has 0 atom stereocenters. The summed E-state index contributed by atoms with van der Waals surface area (Å²) in [6, 6.07) is 3.82. The molecule has 0 spiro atoms. The van der Waals surface area contributed by atoms with Crippen LogP contribution in [0, 0.1) is 11.6 Å². The van der Waals surface area contributed by atoms with Gasteiger partial charge in [0.05, 0.1) is 0 Å². The molecule has 1 aromatic carbocycles. The molecule has 1 aliphatic rings. The Balaban J connectivity index is 0.00000220. The molecule has 1 amide bonds. The second-order valence-electron chi connectivity index (χ2n) is 4.90. The van der Waals surface area contributed by atoms with Gasteiger partial charge in [-0.25, -0.2) is 8.78 Å². The average Bonchev–Trinajstić information content (AvgIpc) is 2.46. The fourth-order valence-electron chi connectivity index (χ4n) is 2.32. The van der Waals surface area contributed by atoms with Crippen molar-refractivity contribution in [2.24, 2.45) is 0 Å². The first-order chi connectivity index (χ1) is 9.59. The van der Waals surface area contributed by atoms with Gasteiger partial charge in [-0.05, 0) is 44.1 Å². The van der Waals surface area contributed by atoms with Crippen molar-refractivity contribution in [1.29, 1.82) is 0 Å². The van der Waals surface area contributed by atoms with E-state index < -0.39 is 11.6 Å². The molecule has 1 fully saturated rings. The Hall–Kier alpha value is -1.46. The van der Waals surface area contributed by atoms with Crippen LogP contribution in [0.15, 0.2) is 24.3 Å². The summed E-state index contributed by atoms with van der Waals surface area (Å²) in [5.74, 6) is -1.57. The summed E-state index contributed by atoms with van der Waals surface area (Å²) in [5.41, 5.74) is -0.181. The third-order valence-electron chi connectivity index (χ3n) is 3.60. The summed E-state index contributed by atoms with van der Waals surface area (Å²) in [5, 5.41) is 3.23. The third kappa shape index (κ3) is 4.51. The average molecular weight is 317 g/mol. The van der Waals surface area contributed by atoms with Crippen molar-refractivity contribution in [3.8, 4) is 0 Å². The van der Waals surface area contributed by atoms with Gasteiger partial charge in [0.25, 0.3) is 0 Å². The van der Waals surface area contributed by atoms with Gasteiger partial charge in [0.2, 0.25) is 5.91 Å². The Bertz CT molecular complexity index is 496. The van der Waals surface area contributed by atoms with Crippen LogP contribution in [0.25, 0.3) is 6.08 Å². The normalized spacial score (nSPS) is 15.8. The van der Waals surface area contributed by atoms with E-state index in [1.54, 1.807) is 11.9 Å². The van der Waals surface area contributed by atoms with E-state index in [0.717, 1.165) is 25.9 Å². The molecule has 0 aliphatic carbocycles. The van der Waals surface area contributed by atoms with Gasteiger partial charge in [-0.1, -0.05) is 6.07 Å². The number of piperidine rings is 1. The zero-order valence-corrected chi connectivity index (χ0v) is 12.6. The van der Waals surface area contributed by atoms with Crippen LogP contribution in [-0.4, -0.2) is 37.0 Å². The summed E-state index contributed by atoms with van der Waals surface area (Å²) >= 11 is 0. The second-order valence-corrected chi connectivity index (χ2v) is 4.90. The van der Waals surface area contributed by atoms with Crippen LogP contribution in [0.2, 0.25) is 0 Å². The highest BCUT2D eigenvalue weighted by Crippen LogP contribution is 2.15. The van der Waals surface area contributed by atoms with Gasteiger partial charge in [-0.3, -0.25) is 4.79 Å². The summed E-state index contributed by atoms with van der Waals surface area (Å²) in [4.78, 5) is 13.6. The van der Waals surface area contributed by atoms with Crippen LogP contribution in [-0.2, 0) is 4.79 Å². The lowest BCUT2D eigenvalue weighted by molar-refractivity contribution is -0.127. The molecule has 0 saturated carbocycles. The smallest absolute Gasteiger partial charge is 0.246 e. The fraction of sp³-hybridized carbons (Fsp3) is 0.400. The predicted molar refractivity (Wildman–Crippen MR) is 81.3 cm³/mol. The first-order valence-corrected chi connectivity index (χ1v) is 6.69. The molecule has 2 rings (SSSR count). The molecule has 3 nitrogen and oxygen atoms in total. The molecule has 0 bridgehead atoms. The minimum Gasteiger partial charge on any atom is -0.339 e. The highest BCUT2D eigenvalue weighted by molar-refractivity contribution is 5.91. The van der Waals surface area contributed by atoms with E-state index in [9.17, 15) is 13.6 Å². The van der Waals surface area contributed by atoms with E-state index in [2.05, 4.69) is 5.32 Å². The number of hydrogen-bond donors (Lipinski definition) is 1. The molecule has 1 heterocycles. The highest BCUT2D eigenvalue weighted by atomic mass is 35.5. The number of nitrogens with zero attached hydrogens (tertiary/aromatic N) is 1. The predicted octanol–water partition coefficient (Wildman–Crippen LogP) is 2.61. The highest BCUT2D eigenvalue weighted by Gasteiger charge is 2.20. The lowest BCUT2D eigenvalue weighted by Gasteiger charge is -2.30. The van der Waals surface area contributed by atoms with Crippen LogP contribution in [0.1, 0.15) is 18.4 Å². The molecule has 1 aliphatic heterocycles. The second kappa shape index (κ2) is 8.10. The number of likely N-dealkylation sites (N-methyl/N-ethyl adjacent to an activating group) is 1. The number of amides is 1. The lowest BCUT2D eigenvalue weighted by atomic mass is 10.1. The van der Waals surface area contributed by atoms with Crippen LogP contribution >= 0.6 is 12.4 Å². The van der Waals surface area contributed by atoms with E-state index in [4.69, 9.17) is 0 Å². The van der Waals surface area contributed by atoms with Crippen molar-refractivity contribution < 1.29 is 13.6 Å². The number of rotatable bonds is 3. The molecule has 1 saturated heterocycles. The number of halogens is 3. The lowest BCUT2D eigenvalue weighted by Crippen LogP contribution is -2.43. The van der Waals surface area contributed by atoms with Gasteiger partial charge in [-0.2, -0.15) is 0 Å². The van der Waals surface area contributed by atoms with E-state index in [1.807, 2.05) is 0 Å². The largest absolute Gasteiger partial charge is 0.339 e. The molecule has 0 radical (unpaired) electrons. The van der Waals surface area contributed by atoms with Crippen molar-refractivity contribution in [2.45, 2.75) is 18.9 Å². The van der Waals surface area contributed by atoms with E-state index in [1.165, 1.54) is 30.4 Å². The molecule has 116 valence electrons. The van der Waals surface area contributed by atoms with Crippen LogP contribution in [0.5, 0.6) is 0 Å². The first-order valence-electron chi connectivity index (χ1n) is 6.69. The Labute approximate surface area is 129 Å². The van der Waals surface area contributed by atoms with E-state index in [-0.39, 0.29) is 29.9 Å². The standard InChI is InChI=1S/C15H18F2N2O.ClH/c1-19(11-7-9-18-10-8-11)15(20)6-5-12-13(16)3-2-4-14(12)17;/h2-6,11,18H,7-10H2,1H3;1H/b6-5+;. The first kappa shape index (κ1) is 17.6. The molecule has 21 heavy (non-hydrogen) atoms. The molecular weight excluding hydrogens is 298 g/mol. The number of carbonyl (C=O) groups is 1. The van der Waals surface area contributed by atoms with Gasteiger partial charge in [0.15, 0.2) is 0 Å². The molecule has 0 unspecified atom stereocenters. The maximum absolute atomic E-state index is 13.4. The molecule has 0 aromatic heterocycles. The Morgan fingerprint density at radius 3 is 2.43 bits per heavy atom. The fourth-order valence-corrected chi connectivity index (χ4v) is 2.32. The number of hydrogen-bond acceptors (Lipinski definition) is 2. The summed E-state index contributed by atoms with van der Waals surface area (Å²) in [6.45, 7) is 1.77. The quantitative estimate of drug-likeness (QED) is 0.869. The van der Waals surface area contributed by atoms with Crippen LogP contribution in [0.3, 0.4) is 0 Å². The molecular formula is C15H19ClF2N2O. The maximum Gasteiger partial charge on any atom is 0.246 e. The van der Waals surface area contributed by atoms with Crippen molar-refractivity contribution in [2.75, 3.05) is 20.1 Å².